The first-order chi connectivity index (χ1) is 16.1. The molecule has 1 N–H and O–H groups in total. The molecule has 0 aliphatic carbocycles. The highest BCUT2D eigenvalue weighted by molar-refractivity contribution is 6.05. The van der Waals surface area contributed by atoms with E-state index in [1.807, 2.05) is 37.8 Å². The molecule has 0 unspecified atom stereocenters. The van der Waals surface area contributed by atoms with Gasteiger partial charge in [0.15, 0.2) is 6.61 Å². The zero-order valence-corrected chi connectivity index (χ0v) is 19.3. The number of nitro groups is 1. The summed E-state index contributed by atoms with van der Waals surface area (Å²) in [5.41, 5.74) is 1.33. The van der Waals surface area contributed by atoms with Crippen molar-refractivity contribution in [2.45, 2.75) is 26.2 Å². The number of imide groups is 1. The summed E-state index contributed by atoms with van der Waals surface area (Å²) in [6, 6.07) is 10.9. The van der Waals surface area contributed by atoms with Gasteiger partial charge in [-0.05, 0) is 35.2 Å². The van der Waals surface area contributed by atoms with Gasteiger partial charge in [0.05, 0.1) is 23.7 Å². The lowest BCUT2D eigenvalue weighted by Crippen LogP contribution is -2.36. The second kappa shape index (κ2) is 10.4. The fraction of sp³-hybridized carbons (Fsp3) is 0.375. The van der Waals surface area contributed by atoms with Crippen LogP contribution in [0.4, 0.5) is 11.4 Å². The van der Waals surface area contributed by atoms with Gasteiger partial charge in [0.1, 0.15) is 5.69 Å². The molecule has 0 aromatic heterocycles. The van der Waals surface area contributed by atoms with Gasteiger partial charge < -0.3 is 14.4 Å². The van der Waals surface area contributed by atoms with Crippen LogP contribution in [0.3, 0.4) is 0 Å². The van der Waals surface area contributed by atoms with E-state index in [0.29, 0.717) is 37.6 Å². The molecule has 3 rings (SSSR count). The summed E-state index contributed by atoms with van der Waals surface area (Å²) in [6.45, 7) is 7.34. The molecule has 1 heterocycles. The van der Waals surface area contributed by atoms with E-state index in [0.717, 1.165) is 11.6 Å². The monoisotopic (exact) mass is 469 g/mol. The molecular formula is C24H27N3O7. The number of nitrogens with zero attached hydrogens (tertiary/aromatic N) is 2. The lowest BCUT2D eigenvalue weighted by Gasteiger charge is -2.28. The number of anilines is 1. The van der Waals surface area contributed by atoms with Crippen LogP contribution in [-0.2, 0) is 19.7 Å². The van der Waals surface area contributed by atoms with E-state index in [1.54, 1.807) is 12.1 Å². The van der Waals surface area contributed by atoms with Gasteiger partial charge in [-0.1, -0.05) is 32.9 Å². The van der Waals surface area contributed by atoms with Crippen LogP contribution in [0.1, 0.15) is 47.1 Å². The highest BCUT2D eigenvalue weighted by Crippen LogP contribution is 2.30. The minimum absolute atomic E-state index is 0.0689. The van der Waals surface area contributed by atoms with Crippen LogP contribution in [0, 0.1) is 10.1 Å². The van der Waals surface area contributed by atoms with E-state index >= 15 is 0 Å². The molecule has 10 heteroatoms. The number of benzene rings is 2. The highest BCUT2D eigenvalue weighted by Gasteiger charge is 2.24. The number of ether oxygens (including phenoxy) is 2. The first-order valence-corrected chi connectivity index (χ1v) is 10.8. The minimum Gasteiger partial charge on any atom is -0.452 e. The Bertz CT molecular complexity index is 1080. The van der Waals surface area contributed by atoms with Crippen molar-refractivity contribution < 1.29 is 28.8 Å². The van der Waals surface area contributed by atoms with Gasteiger partial charge in [0, 0.05) is 24.7 Å². The Morgan fingerprint density at radius 2 is 1.68 bits per heavy atom. The Morgan fingerprint density at radius 1 is 1.06 bits per heavy atom. The molecule has 1 aliphatic rings. The van der Waals surface area contributed by atoms with E-state index in [1.165, 1.54) is 12.1 Å². The molecule has 34 heavy (non-hydrogen) atoms. The molecule has 1 fully saturated rings. The maximum atomic E-state index is 12.4. The summed E-state index contributed by atoms with van der Waals surface area (Å²) in [6.07, 6.45) is 0. The van der Waals surface area contributed by atoms with Crippen molar-refractivity contribution >= 4 is 29.2 Å². The maximum Gasteiger partial charge on any atom is 0.338 e. The molecule has 0 spiro atoms. The van der Waals surface area contributed by atoms with Crippen molar-refractivity contribution in [1.82, 2.24) is 5.32 Å². The van der Waals surface area contributed by atoms with Crippen LogP contribution in [0.25, 0.3) is 0 Å². The molecule has 1 saturated heterocycles. The Labute approximate surface area is 197 Å². The predicted octanol–water partition coefficient (Wildman–Crippen LogP) is 2.84. The lowest BCUT2D eigenvalue weighted by molar-refractivity contribution is -0.384. The average molecular weight is 469 g/mol. The van der Waals surface area contributed by atoms with E-state index < -0.39 is 29.3 Å². The Balaban J connectivity index is 1.59. The fourth-order valence-electron chi connectivity index (χ4n) is 3.44. The Morgan fingerprint density at radius 3 is 2.26 bits per heavy atom. The molecule has 0 radical (unpaired) electrons. The minimum atomic E-state index is -0.909. The molecule has 0 bridgehead atoms. The van der Waals surface area contributed by atoms with Gasteiger partial charge in [0.25, 0.3) is 17.5 Å². The number of morpholine rings is 1. The van der Waals surface area contributed by atoms with Crippen LogP contribution >= 0.6 is 0 Å². The van der Waals surface area contributed by atoms with Crippen LogP contribution < -0.4 is 10.2 Å². The van der Waals surface area contributed by atoms with E-state index in [2.05, 4.69) is 5.32 Å². The number of hydrogen-bond donors (Lipinski definition) is 1. The number of carbonyl (C=O) groups is 3. The van der Waals surface area contributed by atoms with E-state index in [9.17, 15) is 24.5 Å². The van der Waals surface area contributed by atoms with Crippen LogP contribution in [0.5, 0.6) is 0 Å². The number of nitro benzene ring substituents is 1. The summed E-state index contributed by atoms with van der Waals surface area (Å²) in [4.78, 5) is 49.5. The molecule has 10 nitrogen and oxygen atoms in total. The quantitative estimate of drug-likeness (QED) is 0.389. The third kappa shape index (κ3) is 6.16. The smallest absolute Gasteiger partial charge is 0.338 e. The summed E-state index contributed by atoms with van der Waals surface area (Å²) >= 11 is 0. The molecule has 0 atom stereocenters. The number of nitrogens with one attached hydrogen (secondary N) is 1. The second-order valence-corrected chi connectivity index (χ2v) is 8.84. The van der Waals surface area contributed by atoms with Crippen LogP contribution in [-0.4, -0.2) is 55.6 Å². The van der Waals surface area contributed by atoms with Gasteiger partial charge in [-0.3, -0.25) is 25.0 Å². The number of esters is 1. The molecule has 180 valence electrons. The topological polar surface area (TPSA) is 128 Å². The summed E-state index contributed by atoms with van der Waals surface area (Å²) in [5, 5.41) is 13.7. The summed E-state index contributed by atoms with van der Waals surface area (Å²) in [7, 11) is 0. The standard InChI is InChI=1S/C24H27N3O7/c1-24(2,3)18-7-4-16(5-8-18)22(29)25-21(28)15-34-23(30)17-6-9-19(20(14-17)27(31)32)26-10-12-33-13-11-26/h4-9,14H,10-13,15H2,1-3H3,(H,25,28,29). The Kier molecular flexibility index (Phi) is 7.62. The van der Waals surface area contributed by atoms with Gasteiger partial charge >= 0.3 is 5.97 Å². The van der Waals surface area contributed by atoms with Gasteiger partial charge in [-0.15, -0.1) is 0 Å². The Hall–Kier alpha value is -3.79. The fourth-order valence-corrected chi connectivity index (χ4v) is 3.44. The number of hydrogen-bond acceptors (Lipinski definition) is 8. The first-order valence-electron chi connectivity index (χ1n) is 10.8. The number of amides is 2. The zero-order valence-electron chi connectivity index (χ0n) is 19.3. The van der Waals surface area contributed by atoms with Crippen LogP contribution in [0.15, 0.2) is 42.5 Å². The predicted molar refractivity (Wildman–Crippen MR) is 124 cm³/mol. The van der Waals surface area contributed by atoms with Crippen molar-refractivity contribution in [3.8, 4) is 0 Å². The molecule has 2 amide bonds. The van der Waals surface area contributed by atoms with E-state index in [-0.39, 0.29) is 16.7 Å². The van der Waals surface area contributed by atoms with Gasteiger partial charge in [-0.2, -0.15) is 0 Å². The third-order valence-corrected chi connectivity index (χ3v) is 5.36. The summed E-state index contributed by atoms with van der Waals surface area (Å²) < 4.78 is 10.2. The van der Waals surface area contributed by atoms with Crippen molar-refractivity contribution in [2.75, 3.05) is 37.8 Å². The first kappa shape index (κ1) is 24.8. The molecular weight excluding hydrogens is 442 g/mol. The van der Waals surface area contributed by atoms with Crippen molar-refractivity contribution in [1.29, 1.82) is 0 Å². The normalized spacial score (nSPS) is 13.8. The third-order valence-electron chi connectivity index (χ3n) is 5.36. The van der Waals surface area contributed by atoms with Crippen molar-refractivity contribution in [3.63, 3.8) is 0 Å². The molecule has 0 saturated carbocycles. The van der Waals surface area contributed by atoms with Gasteiger partial charge in [-0.25, -0.2) is 4.79 Å². The number of rotatable bonds is 6. The van der Waals surface area contributed by atoms with Gasteiger partial charge in [0.2, 0.25) is 0 Å². The van der Waals surface area contributed by atoms with Crippen LogP contribution in [0.2, 0.25) is 0 Å². The maximum absolute atomic E-state index is 12.4. The highest BCUT2D eigenvalue weighted by atomic mass is 16.6. The molecule has 2 aromatic rings. The second-order valence-electron chi connectivity index (χ2n) is 8.84. The van der Waals surface area contributed by atoms with Crippen molar-refractivity contribution in [2.24, 2.45) is 0 Å². The zero-order chi connectivity index (χ0) is 24.9. The lowest BCUT2D eigenvalue weighted by atomic mass is 9.87. The SMILES string of the molecule is CC(C)(C)c1ccc(C(=O)NC(=O)COC(=O)c2ccc(N3CCOCC3)c([N+](=O)[O-])c2)cc1. The summed E-state index contributed by atoms with van der Waals surface area (Å²) in [5.74, 6) is -2.33. The largest absolute Gasteiger partial charge is 0.452 e. The average Bonchev–Trinajstić information content (AvgIpc) is 2.82. The van der Waals surface area contributed by atoms with Crippen molar-refractivity contribution in [3.05, 3.63) is 69.3 Å². The number of carbonyl (C=O) groups excluding carboxylic acids is 3. The molecule has 2 aromatic carbocycles. The molecule has 1 aliphatic heterocycles. The van der Waals surface area contributed by atoms with E-state index in [4.69, 9.17) is 9.47 Å².